The van der Waals surface area contributed by atoms with Gasteiger partial charge in [-0.2, -0.15) is 0 Å². The second kappa shape index (κ2) is 5.32. The van der Waals surface area contributed by atoms with Crippen molar-refractivity contribution in [3.05, 3.63) is 35.9 Å². The maximum atomic E-state index is 10.0. The van der Waals surface area contributed by atoms with Crippen LogP contribution in [0, 0.1) is 5.92 Å². The minimum atomic E-state index is -0.0762. The van der Waals surface area contributed by atoms with Crippen molar-refractivity contribution in [2.24, 2.45) is 5.92 Å². The van der Waals surface area contributed by atoms with E-state index in [1.54, 1.807) is 0 Å². The zero-order valence-corrected chi connectivity index (χ0v) is 9.23. The lowest BCUT2D eigenvalue weighted by Gasteiger charge is -2.20. The van der Waals surface area contributed by atoms with Gasteiger partial charge in [0.1, 0.15) is 0 Å². The van der Waals surface area contributed by atoms with Crippen LogP contribution in [0.4, 0.5) is 0 Å². The highest BCUT2D eigenvalue weighted by atomic mass is 16.3. The van der Waals surface area contributed by atoms with Crippen LogP contribution < -0.4 is 0 Å². The van der Waals surface area contributed by atoms with Gasteiger partial charge in [0.15, 0.2) is 0 Å². The second-order valence-electron chi connectivity index (χ2n) is 4.66. The Morgan fingerprint density at radius 3 is 2.53 bits per heavy atom. The summed E-state index contributed by atoms with van der Waals surface area (Å²) in [6.07, 6.45) is 6.94. The van der Waals surface area contributed by atoms with E-state index in [4.69, 9.17) is 0 Å². The minimum absolute atomic E-state index is 0.0762. The van der Waals surface area contributed by atoms with E-state index in [1.807, 2.05) is 6.07 Å². The first-order chi connectivity index (χ1) is 7.36. The molecule has 0 unspecified atom stereocenters. The molecule has 2 atom stereocenters. The molecule has 0 heterocycles. The highest BCUT2D eigenvalue weighted by molar-refractivity contribution is 5.15. The van der Waals surface area contributed by atoms with Crippen molar-refractivity contribution in [1.29, 1.82) is 0 Å². The monoisotopic (exact) mass is 204 g/mol. The third kappa shape index (κ3) is 3.07. The van der Waals surface area contributed by atoms with E-state index in [0.717, 1.165) is 12.8 Å². The Kier molecular flexibility index (Phi) is 3.79. The summed E-state index contributed by atoms with van der Waals surface area (Å²) >= 11 is 0. The van der Waals surface area contributed by atoms with Crippen molar-refractivity contribution >= 4 is 0 Å². The van der Waals surface area contributed by atoms with E-state index in [2.05, 4.69) is 24.3 Å². The van der Waals surface area contributed by atoms with Crippen molar-refractivity contribution in [3.63, 3.8) is 0 Å². The largest absolute Gasteiger partial charge is 0.393 e. The standard InChI is InChI=1S/C14H20O/c15-14-10-6-2-5-9-13(14)11-12-7-3-1-4-8-12/h1,3-4,7-8,13-15H,2,5-6,9-11H2/t13-,14-/m1/s1. The smallest absolute Gasteiger partial charge is 0.0571 e. The van der Waals surface area contributed by atoms with Crippen molar-refractivity contribution < 1.29 is 5.11 Å². The Morgan fingerprint density at radius 2 is 1.73 bits per heavy atom. The Labute approximate surface area is 92.1 Å². The van der Waals surface area contributed by atoms with E-state index < -0.39 is 0 Å². The van der Waals surface area contributed by atoms with Crippen LogP contribution in [0.3, 0.4) is 0 Å². The molecule has 0 aliphatic heterocycles. The summed E-state index contributed by atoms with van der Waals surface area (Å²) in [7, 11) is 0. The highest BCUT2D eigenvalue weighted by Crippen LogP contribution is 2.26. The molecule has 1 N–H and O–H groups in total. The van der Waals surface area contributed by atoms with Crippen molar-refractivity contribution in [2.75, 3.05) is 0 Å². The predicted octanol–water partition coefficient (Wildman–Crippen LogP) is 3.17. The molecule has 0 spiro atoms. The maximum Gasteiger partial charge on any atom is 0.0571 e. The molecule has 2 rings (SSSR count). The molecule has 1 aliphatic rings. The fourth-order valence-corrected chi connectivity index (χ4v) is 2.52. The average molecular weight is 204 g/mol. The van der Waals surface area contributed by atoms with Crippen LogP contribution in [-0.4, -0.2) is 11.2 Å². The molecular formula is C14H20O. The fraction of sp³-hybridized carbons (Fsp3) is 0.571. The van der Waals surface area contributed by atoms with Crippen LogP contribution in [-0.2, 0) is 6.42 Å². The number of rotatable bonds is 2. The van der Waals surface area contributed by atoms with Gasteiger partial charge in [-0.15, -0.1) is 0 Å². The zero-order valence-electron chi connectivity index (χ0n) is 9.23. The molecule has 0 bridgehead atoms. The van der Waals surface area contributed by atoms with E-state index in [1.165, 1.54) is 31.2 Å². The minimum Gasteiger partial charge on any atom is -0.393 e. The predicted molar refractivity (Wildman–Crippen MR) is 62.7 cm³/mol. The summed E-state index contributed by atoms with van der Waals surface area (Å²) in [4.78, 5) is 0. The molecule has 0 aromatic heterocycles. The zero-order chi connectivity index (χ0) is 10.5. The summed E-state index contributed by atoms with van der Waals surface area (Å²) < 4.78 is 0. The van der Waals surface area contributed by atoms with E-state index in [9.17, 15) is 5.11 Å². The molecule has 0 radical (unpaired) electrons. The van der Waals surface area contributed by atoms with Gasteiger partial charge in [-0.05, 0) is 30.7 Å². The van der Waals surface area contributed by atoms with Crippen molar-refractivity contribution in [1.82, 2.24) is 0 Å². The van der Waals surface area contributed by atoms with Crippen molar-refractivity contribution in [3.8, 4) is 0 Å². The van der Waals surface area contributed by atoms with E-state index in [-0.39, 0.29) is 6.10 Å². The Bertz CT molecular complexity index is 281. The lowest BCUT2D eigenvalue weighted by molar-refractivity contribution is 0.101. The van der Waals surface area contributed by atoms with Crippen LogP contribution in [0.25, 0.3) is 0 Å². The number of benzene rings is 1. The molecule has 0 saturated heterocycles. The van der Waals surface area contributed by atoms with Crippen LogP contribution in [0.5, 0.6) is 0 Å². The molecule has 1 nitrogen and oxygen atoms in total. The molecule has 0 amide bonds. The van der Waals surface area contributed by atoms with E-state index in [0.29, 0.717) is 5.92 Å². The lowest BCUT2D eigenvalue weighted by Crippen LogP contribution is -2.20. The van der Waals surface area contributed by atoms with Gasteiger partial charge in [0.05, 0.1) is 6.10 Å². The first-order valence-electron chi connectivity index (χ1n) is 6.08. The van der Waals surface area contributed by atoms with Crippen LogP contribution in [0.15, 0.2) is 30.3 Å². The highest BCUT2D eigenvalue weighted by Gasteiger charge is 2.21. The fourth-order valence-electron chi connectivity index (χ4n) is 2.52. The number of aliphatic hydroxyl groups excluding tert-OH is 1. The molecule has 1 saturated carbocycles. The summed E-state index contributed by atoms with van der Waals surface area (Å²) in [6.45, 7) is 0. The molecule has 1 aromatic rings. The van der Waals surface area contributed by atoms with Gasteiger partial charge in [0.2, 0.25) is 0 Å². The summed E-state index contributed by atoms with van der Waals surface area (Å²) in [5.41, 5.74) is 1.36. The number of hydrogen-bond acceptors (Lipinski definition) is 1. The topological polar surface area (TPSA) is 20.2 Å². The molecular weight excluding hydrogens is 184 g/mol. The summed E-state index contributed by atoms with van der Waals surface area (Å²) in [6, 6.07) is 10.5. The molecule has 1 aromatic carbocycles. The number of aliphatic hydroxyl groups is 1. The van der Waals surface area contributed by atoms with E-state index >= 15 is 0 Å². The van der Waals surface area contributed by atoms with Gasteiger partial charge >= 0.3 is 0 Å². The van der Waals surface area contributed by atoms with Crippen molar-refractivity contribution in [2.45, 2.75) is 44.6 Å². The van der Waals surface area contributed by atoms with Gasteiger partial charge in [0.25, 0.3) is 0 Å². The van der Waals surface area contributed by atoms with Gasteiger partial charge in [-0.3, -0.25) is 0 Å². The van der Waals surface area contributed by atoms with Gasteiger partial charge < -0.3 is 5.11 Å². The Morgan fingerprint density at radius 1 is 1.00 bits per heavy atom. The molecule has 82 valence electrons. The summed E-state index contributed by atoms with van der Waals surface area (Å²) in [5.74, 6) is 0.481. The maximum absolute atomic E-state index is 10.0. The summed E-state index contributed by atoms with van der Waals surface area (Å²) in [5, 5.41) is 10.0. The SMILES string of the molecule is O[C@@H]1CCCCC[C@@H]1Cc1ccccc1. The normalized spacial score (nSPS) is 27.3. The second-order valence-corrected chi connectivity index (χ2v) is 4.66. The van der Waals surface area contributed by atoms with Gasteiger partial charge in [0, 0.05) is 0 Å². The lowest BCUT2D eigenvalue weighted by atomic mass is 9.90. The molecule has 1 aliphatic carbocycles. The number of hydrogen-bond donors (Lipinski definition) is 1. The van der Waals surface area contributed by atoms with Gasteiger partial charge in [-0.1, -0.05) is 49.6 Å². The van der Waals surface area contributed by atoms with Gasteiger partial charge in [-0.25, -0.2) is 0 Å². The average Bonchev–Trinajstić information content (AvgIpc) is 2.46. The van der Waals surface area contributed by atoms with Crippen LogP contribution in [0.2, 0.25) is 0 Å². The first kappa shape index (κ1) is 10.7. The molecule has 15 heavy (non-hydrogen) atoms. The first-order valence-corrected chi connectivity index (χ1v) is 6.08. The third-order valence-corrected chi connectivity index (χ3v) is 3.46. The molecule has 1 fully saturated rings. The Hall–Kier alpha value is -0.820. The Balaban J connectivity index is 1.97. The third-order valence-electron chi connectivity index (χ3n) is 3.46. The van der Waals surface area contributed by atoms with Crippen LogP contribution >= 0.6 is 0 Å². The quantitative estimate of drug-likeness (QED) is 0.734. The van der Waals surface area contributed by atoms with Crippen LogP contribution in [0.1, 0.15) is 37.7 Å². The molecule has 1 heteroatoms.